The van der Waals surface area contributed by atoms with E-state index in [0.717, 1.165) is 0 Å². The Balaban J connectivity index is 2.01. The first-order chi connectivity index (χ1) is 12.4. The number of anilines is 1. The minimum atomic E-state index is -3.11. The van der Waals surface area contributed by atoms with E-state index in [0.29, 0.717) is 5.02 Å². The number of carbonyl (C=O) groups excluding carboxylic acids is 2. The number of rotatable bonds is 6. The van der Waals surface area contributed by atoms with Crippen LogP contribution in [0.3, 0.4) is 0 Å². The molecule has 0 aliphatic heterocycles. The molecule has 6 nitrogen and oxygen atoms in total. The first kappa shape index (κ1) is 19.1. The molecule has 134 valence electrons. The van der Waals surface area contributed by atoms with Crippen LogP contribution < -0.4 is 10.1 Å². The highest BCUT2D eigenvalue weighted by Crippen LogP contribution is 2.22. The largest absolute Gasteiger partial charge is 0.452 e. The lowest BCUT2D eigenvalue weighted by atomic mass is 10.2. The Morgan fingerprint density at radius 3 is 2.65 bits per heavy atom. The van der Waals surface area contributed by atoms with Crippen LogP contribution in [0.1, 0.15) is 15.9 Å². The summed E-state index contributed by atoms with van der Waals surface area (Å²) in [5, 5.41) is 11.7. The summed E-state index contributed by atoms with van der Waals surface area (Å²) in [4.78, 5) is 23.9. The summed E-state index contributed by atoms with van der Waals surface area (Å²) in [5.74, 6) is -2.11. The SMILES string of the molecule is N#Cc1ccc(Cl)cc1NC(=O)COC(=O)c1ccccc1OC(F)F. The molecule has 26 heavy (non-hydrogen) atoms. The normalized spacial score (nSPS) is 10.1. The molecule has 0 bridgehead atoms. The Hall–Kier alpha value is -3.18. The van der Waals surface area contributed by atoms with E-state index >= 15 is 0 Å². The van der Waals surface area contributed by atoms with Crippen molar-refractivity contribution in [3.05, 3.63) is 58.6 Å². The van der Waals surface area contributed by atoms with E-state index in [1.165, 1.54) is 42.5 Å². The molecule has 0 aromatic heterocycles. The Kier molecular flexibility index (Phi) is 6.47. The van der Waals surface area contributed by atoms with E-state index in [1.54, 1.807) is 0 Å². The third-order valence-corrected chi connectivity index (χ3v) is 3.27. The van der Waals surface area contributed by atoms with Crippen molar-refractivity contribution in [3.63, 3.8) is 0 Å². The molecule has 9 heteroatoms. The number of alkyl halides is 2. The van der Waals surface area contributed by atoms with Crippen LogP contribution >= 0.6 is 11.6 Å². The lowest BCUT2D eigenvalue weighted by Gasteiger charge is -2.11. The summed E-state index contributed by atoms with van der Waals surface area (Å²) in [6, 6.07) is 11.4. The number of nitrogens with one attached hydrogen (secondary N) is 1. The zero-order valence-corrected chi connectivity index (χ0v) is 13.8. The highest BCUT2D eigenvalue weighted by Gasteiger charge is 2.18. The predicted octanol–water partition coefficient (Wildman–Crippen LogP) is 3.61. The summed E-state index contributed by atoms with van der Waals surface area (Å²) >= 11 is 5.80. The fraction of sp³-hybridized carbons (Fsp3) is 0.118. The maximum atomic E-state index is 12.3. The number of carbonyl (C=O) groups is 2. The van der Waals surface area contributed by atoms with Gasteiger partial charge in [-0.05, 0) is 30.3 Å². The maximum absolute atomic E-state index is 12.3. The molecule has 2 aromatic carbocycles. The van der Waals surface area contributed by atoms with Crippen LogP contribution in [0.15, 0.2) is 42.5 Å². The van der Waals surface area contributed by atoms with Gasteiger partial charge in [-0.25, -0.2) is 4.79 Å². The average molecular weight is 381 g/mol. The van der Waals surface area contributed by atoms with Crippen LogP contribution in [0.5, 0.6) is 5.75 Å². The number of halogens is 3. The lowest BCUT2D eigenvalue weighted by molar-refractivity contribution is -0.119. The van der Waals surface area contributed by atoms with Gasteiger partial charge >= 0.3 is 12.6 Å². The quantitative estimate of drug-likeness (QED) is 0.773. The van der Waals surface area contributed by atoms with E-state index in [9.17, 15) is 18.4 Å². The molecule has 0 heterocycles. The number of benzene rings is 2. The molecular formula is C17H11ClF2N2O4. The second-order valence-corrected chi connectivity index (χ2v) is 5.24. The highest BCUT2D eigenvalue weighted by atomic mass is 35.5. The molecule has 0 saturated heterocycles. The van der Waals surface area contributed by atoms with Crippen LogP contribution in [-0.4, -0.2) is 25.1 Å². The van der Waals surface area contributed by atoms with Crippen LogP contribution in [0.2, 0.25) is 5.02 Å². The van der Waals surface area contributed by atoms with Gasteiger partial charge in [0.05, 0.1) is 11.3 Å². The third kappa shape index (κ3) is 5.16. The van der Waals surface area contributed by atoms with E-state index in [2.05, 4.69) is 10.1 Å². The summed E-state index contributed by atoms with van der Waals surface area (Å²) in [7, 11) is 0. The Morgan fingerprint density at radius 2 is 1.96 bits per heavy atom. The summed E-state index contributed by atoms with van der Waals surface area (Å²) in [6.07, 6.45) is 0. The molecule has 0 atom stereocenters. The first-order valence-electron chi connectivity index (χ1n) is 7.11. The van der Waals surface area contributed by atoms with E-state index in [-0.39, 0.29) is 22.6 Å². The Bertz CT molecular complexity index is 868. The zero-order chi connectivity index (χ0) is 19.1. The number of hydrogen-bond acceptors (Lipinski definition) is 5. The minimum absolute atomic E-state index is 0.155. The van der Waals surface area contributed by atoms with E-state index in [4.69, 9.17) is 21.6 Å². The van der Waals surface area contributed by atoms with Crippen molar-refractivity contribution >= 4 is 29.2 Å². The second kappa shape index (κ2) is 8.78. The molecule has 0 aliphatic rings. The molecule has 2 aromatic rings. The fourth-order valence-electron chi connectivity index (χ4n) is 1.95. The fourth-order valence-corrected chi connectivity index (χ4v) is 2.12. The average Bonchev–Trinajstić information content (AvgIpc) is 2.60. The maximum Gasteiger partial charge on any atom is 0.387 e. The number of amides is 1. The highest BCUT2D eigenvalue weighted by molar-refractivity contribution is 6.31. The first-order valence-corrected chi connectivity index (χ1v) is 7.49. The van der Waals surface area contributed by atoms with Crippen molar-refractivity contribution < 1.29 is 27.8 Å². The summed E-state index contributed by atoms with van der Waals surface area (Å²) < 4.78 is 33.7. The van der Waals surface area contributed by atoms with Crippen molar-refractivity contribution in [3.8, 4) is 11.8 Å². The van der Waals surface area contributed by atoms with Gasteiger partial charge in [0.25, 0.3) is 5.91 Å². The summed E-state index contributed by atoms with van der Waals surface area (Å²) in [6.45, 7) is -3.81. The molecule has 0 spiro atoms. The number of hydrogen-bond donors (Lipinski definition) is 1. The van der Waals surface area contributed by atoms with E-state index in [1.807, 2.05) is 6.07 Å². The number of nitrogens with zero attached hydrogens (tertiary/aromatic N) is 1. The molecule has 0 radical (unpaired) electrons. The predicted molar refractivity (Wildman–Crippen MR) is 88.2 cm³/mol. The van der Waals surface area contributed by atoms with Gasteiger partial charge in [0.2, 0.25) is 0 Å². The molecule has 2 rings (SSSR count). The Morgan fingerprint density at radius 1 is 1.23 bits per heavy atom. The van der Waals surface area contributed by atoms with E-state index < -0.39 is 25.1 Å². The smallest absolute Gasteiger partial charge is 0.387 e. The van der Waals surface area contributed by atoms with Crippen molar-refractivity contribution in [2.24, 2.45) is 0 Å². The number of ether oxygens (including phenoxy) is 2. The minimum Gasteiger partial charge on any atom is -0.452 e. The molecule has 0 aliphatic carbocycles. The molecule has 1 amide bonds. The van der Waals surface area contributed by atoms with Crippen LogP contribution in [-0.2, 0) is 9.53 Å². The van der Waals surface area contributed by atoms with Gasteiger partial charge < -0.3 is 14.8 Å². The van der Waals surface area contributed by atoms with Gasteiger partial charge in [-0.2, -0.15) is 14.0 Å². The van der Waals surface area contributed by atoms with Crippen LogP contribution in [0, 0.1) is 11.3 Å². The summed E-state index contributed by atoms with van der Waals surface area (Å²) in [5.41, 5.74) is 0.0771. The molecular weight excluding hydrogens is 370 g/mol. The van der Waals surface area contributed by atoms with Crippen molar-refractivity contribution in [2.75, 3.05) is 11.9 Å². The van der Waals surface area contributed by atoms with Gasteiger partial charge in [-0.3, -0.25) is 4.79 Å². The standard InChI is InChI=1S/C17H11ClF2N2O4/c18-11-6-5-10(8-21)13(7-11)22-15(23)9-25-16(24)12-3-1-2-4-14(12)26-17(19)20/h1-7,17H,9H2,(H,22,23). The second-order valence-electron chi connectivity index (χ2n) is 4.80. The van der Waals surface area contributed by atoms with Gasteiger partial charge in [0.15, 0.2) is 6.61 Å². The van der Waals surface area contributed by atoms with Gasteiger partial charge in [-0.1, -0.05) is 23.7 Å². The lowest BCUT2D eigenvalue weighted by Crippen LogP contribution is -2.21. The Labute approximate surface area is 151 Å². The van der Waals surface area contributed by atoms with Gasteiger partial charge in [-0.15, -0.1) is 0 Å². The molecule has 0 saturated carbocycles. The molecule has 0 unspecified atom stereocenters. The van der Waals surface area contributed by atoms with Crippen molar-refractivity contribution in [2.45, 2.75) is 6.61 Å². The third-order valence-electron chi connectivity index (χ3n) is 3.03. The number of esters is 1. The van der Waals surface area contributed by atoms with Gasteiger partial charge in [0.1, 0.15) is 17.4 Å². The van der Waals surface area contributed by atoms with Gasteiger partial charge in [0, 0.05) is 5.02 Å². The topological polar surface area (TPSA) is 88.4 Å². The zero-order valence-electron chi connectivity index (χ0n) is 13.0. The van der Waals surface area contributed by atoms with Crippen LogP contribution in [0.4, 0.5) is 14.5 Å². The van der Waals surface area contributed by atoms with Crippen molar-refractivity contribution in [1.82, 2.24) is 0 Å². The monoisotopic (exact) mass is 380 g/mol. The number of para-hydroxylation sites is 1. The number of nitriles is 1. The molecule has 0 fully saturated rings. The van der Waals surface area contributed by atoms with Crippen LogP contribution in [0.25, 0.3) is 0 Å². The molecule has 1 N–H and O–H groups in total. The van der Waals surface area contributed by atoms with Crippen molar-refractivity contribution in [1.29, 1.82) is 5.26 Å².